The van der Waals surface area contributed by atoms with Gasteiger partial charge in [-0.15, -0.1) is 0 Å². The van der Waals surface area contributed by atoms with E-state index in [0.29, 0.717) is 17.9 Å². The van der Waals surface area contributed by atoms with Crippen LogP contribution in [0.15, 0.2) is 10.5 Å². The molecule has 1 aromatic heterocycles. The summed E-state index contributed by atoms with van der Waals surface area (Å²) in [5.41, 5.74) is 0.619. The molecule has 1 aromatic rings. The first-order valence-electron chi connectivity index (χ1n) is 5.53. The smallest absolute Gasteiger partial charge is 0.423 e. The van der Waals surface area contributed by atoms with Gasteiger partial charge in [0.25, 0.3) is 0 Å². The van der Waals surface area contributed by atoms with Crippen LogP contribution >= 0.6 is 0 Å². The van der Waals surface area contributed by atoms with Crippen LogP contribution in [0.4, 0.5) is 26.3 Å². The van der Waals surface area contributed by atoms with Crippen LogP contribution in [-0.4, -0.2) is 25.5 Å². The number of rotatable bonds is 5. The van der Waals surface area contributed by atoms with Gasteiger partial charge in [0, 0.05) is 0 Å². The molecule has 1 N–H and O–H groups in total. The lowest BCUT2D eigenvalue weighted by Crippen LogP contribution is -2.44. The first-order valence-corrected chi connectivity index (χ1v) is 5.53. The second kappa shape index (κ2) is 6.04. The second-order valence-electron chi connectivity index (χ2n) is 4.12. The zero-order valence-corrected chi connectivity index (χ0v) is 10.7. The highest BCUT2D eigenvalue weighted by Gasteiger charge is 2.58. The molecule has 0 radical (unpaired) electrons. The van der Waals surface area contributed by atoms with Crippen molar-refractivity contribution in [2.45, 2.75) is 38.5 Å². The van der Waals surface area contributed by atoms with Gasteiger partial charge in [-0.2, -0.15) is 26.3 Å². The van der Waals surface area contributed by atoms with Gasteiger partial charge in [-0.3, -0.25) is 0 Å². The molecule has 0 aliphatic rings. The maximum atomic E-state index is 12.2. The quantitative estimate of drug-likeness (QED) is 0.848. The molecular formula is C11H13F6NO2. The average Bonchev–Trinajstić information content (AvgIpc) is 2.56. The summed E-state index contributed by atoms with van der Waals surface area (Å²) < 4.78 is 82.5. The van der Waals surface area contributed by atoms with Gasteiger partial charge in [-0.05, 0) is 25.6 Å². The van der Waals surface area contributed by atoms with Crippen LogP contribution in [0.3, 0.4) is 0 Å². The average molecular weight is 305 g/mol. The van der Waals surface area contributed by atoms with Crippen molar-refractivity contribution in [3.63, 3.8) is 0 Å². The highest BCUT2D eigenvalue weighted by Crippen LogP contribution is 2.36. The summed E-state index contributed by atoms with van der Waals surface area (Å²) in [6.45, 7) is 1.03. The summed E-state index contributed by atoms with van der Waals surface area (Å²) in [6.07, 6.45) is -14.9. The number of ether oxygens (including phenoxy) is 1. The van der Waals surface area contributed by atoms with E-state index in [0.717, 1.165) is 0 Å². The Hall–Kier alpha value is -1.22. The van der Waals surface area contributed by atoms with E-state index in [2.05, 4.69) is 10.1 Å². The van der Waals surface area contributed by atoms with Crippen LogP contribution in [0.5, 0.6) is 0 Å². The van der Waals surface area contributed by atoms with Crippen molar-refractivity contribution in [2.75, 3.05) is 7.05 Å². The lowest BCUT2D eigenvalue weighted by Gasteiger charge is -2.22. The van der Waals surface area contributed by atoms with Gasteiger partial charge in [0.1, 0.15) is 18.1 Å². The Labute approximate surface area is 110 Å². The third-order valence-electron chi connectivity index (χ3n) is 2.40. The molecule has 0 aliphatic carbocycles. The van der Waals surface area contributed by atoms with Gasteiger partial charge < -0.3 is 14.5 Å². The number of hydrogen-bond acceptors (Lipinski definition) is 3. The Bertz CT molecular complexity index is 423. The normalized spacial score (nSPS) is 13.2. The number of nitrogens with one attached hydrogen (secondary N) is 1. The minimum Gasteiger partial charge on any atom is -0.462 e. The molecule has 0 amide bonds. The Kier molecular flexibility index (Phi) is 5.09. The summed E-state index contributed by atoms with van der Waals surface area (Å²) >= 11 is 0. The molecule has 0 spiro atoms. The maximum Gasteiger partial charge on any atom is 0.423 e. The molecular weight excluding hydrogens is 292 g/mol. The predicted octanol–water partition coefficient (Wildman–Crippen LogP) is 3.32. The zero-order valence-electron chi connectivity index (χ0n) is 10.7. The van der Waals surface area contributed by atoms with Crippen molar-refractivity contribution in [3.05, 3.63) is 23.2 Å². The second-order valence-corrected chi connectivity index (χ2v) is 4.12. The van der Waals surface area contributed by atoms with Crippen LogP contribution < -0.4 is 5.32 Å². The molecule has 0 saturated carbocycles. The molecule has 0 bridgehead atoms. The first-order chi connectivity index (χ1) is 9.05. The number of alkyl halides is 6. The van der Waals surface area contributed by atoms with E-state index < -0.39 is 25.1 Å². The van der Waals surface area contributed by atoms with E-state index in [4.69, 9.17) is 4.42 Å². The molecule has 1 heterocycles. The lowest BCUT2D eigenvalue weighted by molar-refractivity contribution is -0.325. The molecule has 1 rings (SSSR count). The fraction of sp³-hybridized carbons (Fsp3) is 0.636. The molecule has 116 valence electrons. The molecule has 9 heteroatoms. The molecule has 0 saturated heterocycles. The fourth-order valence-electron chi connectivity index (χ4n) is 1.54. The van der Waals surface area contributed by atoms with Crippen LogP contribution in [0.2, 0.25) is 0 Å². The summed E-state index contributed by atoms with van der Waals surface area (Å²) in [6, 6.07) is 1.34. The largest absolute Gasteiger partial charge is 0.462 e. The van der Waals surface area contributed by atoms with Gasteiger partial charge in [0.05, 0.1) is 6.54 Å². The molecule has 0 aromatic carbocycles. The summed E-state index contributed by atoms with van der Waals surface area (Å²) in [5, 5.41) is 2.76. The van der Waals surface area contributed by atoms with Gasteiger partial charge in [0.15, 0.2) is 0 Å². The van der Waals surface area contributed by atoms with E-state index in [-0.39, 0.29) is 5.76 Å². The van der Waals surface area contributed by atoms with Crippen LogP contribution in [0.25, 0.3) is 0 Å². The fourth-order valence-corrected chi connectivity index (χ4v) is 1.54. The van der Waals surface area contributed by atoms with Crippen LogP contribution in [0.1, 0.15) is 17.1 Å². The number of halogens is 6. The Morgan fingerprint density at radius 2 is 1.75 bits per heavy atom. The summed E-state index contributed by atoms with van der Waals surface area (Å²) in [7, 11) is 1.63. The molecule has 0 atom stereocenters. The Balaban J connectivity index is 2.76. The molecule has 20 heavy (non-hydrogen) atoms. The van der Waals surface area contributed by atoms with E-state index in [1.54, 1.807) is 14.0 Å². The molecule has 0 fully saturated rings. The van der Waals surface area contributed by atoms with Gasteiger partial charge in [-0.1, -0.05) is 0 Å². The Morgan fingerprint density at radius 1 is 1.20 bits per heavy atom. The third-order valence-corrected chi connectivity index (χ3v) is 2.40. The van der Waals surface area contributed by atoms with Crippen molar-refractivity contribution in [1.82, 2.24) is 5.32 Å². The number of aryl methyl sites for hydroxylation is 1. The van der Waals surface area contributed by atoms with Crippen molar-refractivity contribution in [3.8, 4) is 0 Å². The van der Waals surface area contributed by atoms with Gasteiger partial charge >= 0.3 is 12.4 Å². The molecule has 0 unspecified atom stereocenters. The highest BCUT2D eigenvalue weighted by molar-refractivity contribution is 5.19. The third kappa shape index (κ3) is 4.41. The monoisotopic (exact) mass is 305 g/mol. The number of hydrogen-bond donors (Lipinski definition) is 1. The van der Waals surface area contributed by atoms with Crippen molar-refractivity contribution < 1.29 is 35.5 Å². The van der Waals surface area contributed by atoms with E-state index in [1.807, 2.05) is 0 Å². The van der Waals surface area contributed by atoms with Gasteiger partial charge in [-0.25, -0.2) is 0 Å². The van der Waals surface area contributed by atoms with Gasteiger partial charge in [0.2, 0.25) is 6.10 Å². The minimum absolute atomic E-state index is 0.0914. The summed E-state index contributed by atoms with van der Waals surface area (Å²) in [5.74, 6) is 0.341. The first kappa shape index (κ1) is 16.8. The SMILES string of the molecule is CNCc1oc(COC(C(F)(F)F)C(F)(F)F)cc1C. The lowest BCUT2D eigenvalue weighted by atomic mass is 10.2. The highest BCUT2D eigenvalue weighted by atomic mass is 19.4. The predicted molar refractivity (Wildman–Crippen MR) is 56.9 cm³/mol. The Morgan fingerprint density at radius 3 is 2.20 bits per heavy atom. The van der Waals surface area contributed by atoms with Crippen molar-refractivity contribution >= 4 is 0 Å². The standard InChI is InChI=1S/C11H13F6NO2/c1-6-3-7(20-8(6)4-18-2)5-19-9(10(12,13)14)11(15,16)17/h3,9,18H,4-5H2,1-2H3. The van der Waals surface area contributed by atoms with Crippen LogP contribution in [-0.2, 0) is 17.9 Å². The van der Waals surface area contributed by atoms with Crippen LogP contribution in [0, 0.1) is 6.92 Å². The van der Waals surface area contributed by atoms with Crippen molar-refractivity contribution in [2.24, 2.45) is 0 Å². The van der Waals surface area contributed by atoms with E-state index >= 15 is 0 Å². The zero-order chi connectivity index (χ0) is 15.6. The van der Waals surface area contributed by atoms with Crippen molar-refractivity contribution in [1.29, 1.82) is 0 Å². The topological polar surface area (TPSA) is 34.4 Å². The summed E-state index contributed by atoms with van der Waals surface area (Å²) in [4.78, 5) is 0. The number of furan rings is 1. The molecule has 0 aliphatic heterocycles. The maximum absolute atomic E-state index is 12.2. The molecule has 3 nitrogen and oxygen atoms in total. The minimum atomic E-state index is -5.52. The van der Waals surface area contributed by atoms with E-state index in [9.17, 15) is 26.3 Å². The van der Waals surface area contributed by atoms with E-state index in [1.165, 1.54) is 6.07 Å².